The van der Waals surface area contributed by atoms with Crippen molar-refractivity contribution >= 4 is 99.3 Å². The van der Waals surface area contributed by atoms with Crippen molar-refractivity contribution in [2.45, 2.75) is 38.5 Å². The normalized spacial score (nSPS) is 13.9. The highest BCUT2D eigenvalue weighted by Crippen LogP contribution is 2.61. The van der Waals surface area contributed by atoms with E-state index in [9.17, 15) is 13.2 Å². The number of halogens is 4. The minimum Gasteiger partial charge on any atom is -0.457 e. The second kappa shape index (κ2) is 35.1. The van der Waals surface area contributed by atoms with Crippen LogP contribution in [0.25, 0.3) is 132 Å². The van der Waals surface area contributed by atoms with E-state index in [0.717, 1.165) is 222 Å². The number of fused-ring (bicyclic) bond motifs is 11. The van der Waals surface area contributed by atoms with Crippen molar-refractivity contribution in [3.63, 3.8) is 0 Å². The SMILES string of the molecule is C=Cc1ccc(Oc2ccc(C3(c4ccc(-c5ccc(F)cc5)cc4)c4ccccc4-c4ccc(-c5cc(C)c(N(c6ccc(F)cc6)c6ccc7cc8c(cc7c6)sc6cc7cc(N(c9ccc(-c%10ccc(F)cc%10)cc9)c9cc(C)c(-c%10ccc%11c(c%10)C(c%10ccc(Oc%12ccc(C=C)cc%12)cc%10)(c%10ccc(-c%12ccc(F)cc%12)cc%10)c%10ccccc%10-%11)cc9C)ccc7cc68)cc5C)cc43)cc2)cc1. The van der Waals surface area contributed by atoms with Crippen LogP contribution >= 0.6 is 11.3 Å². The van der Waals surface area contributed by atoms with E-state index in [0.29, 0.717) is 11.5 Å². The predicted octanol–water partition coefficient (Wildman–Crippen LogP) is 37.0. The first-order valence-electron chi connectivity index (χ1n) is 47.5. The highest BCUT2D eigenvalue weighted by Gasteiger charge is 2.48. The van der Waals surface area contributed by atoms with Crippen LogP contribution in [0.2, 0.25) is 0 Å². The van der Waals surface area contributed by atoms with Gasteiger partial charge in [0.1, 0.15) is 46.3 Å². The topological polar surface area (TPSA) is 24.9 Å². The number of rotatable bonds is 21. The lowest BCUT2D eigenvalue weighted by atomic mass is 9.67. The first-order chi connectivity index (χ1) is 68.9. The maximum Gasteiger partial charge on any atom is 0.127 e. The molecule has 2 aliphatic rings. The van der Waals surface area contributed by atoms with Gasteiger partial charge in [-0.15, -0.1) is 11.3 Å². The summed E-state index contributed by atoms with van der Waals surface area (Å²) >= 11 is 1.79. The molecule has 0 aliphatic heterocycles. The molecule has 21 aromatic carbocycles. The molecule has 674 valence electrons. The lowest BCUT2D eigenvalue weighted by Crippen LogP contribution is -2.28. The molecule has 1 aromatic heterocycles. The molecular formula is C132H90F4N2O2S. The third-order valence-corrected chi connectivity index (χ3v) is 29.9. The van der Waals surface area contributed by atoms with Gasteiger partial charge in [-0.3, -0.25) is 0 Å². The molecule has 22 aromatic rings. The Morgan fingerprint density at radius 3 is 0.887 bits per heavy atom. The average molecular weight is 1840 g/mol. The molecule has 0 amide bonds. The molecule has 0 radical (unpaired) electrons. The second-order valence-corrected chi connectivity index (χ2v) is 38.1. The zero-order chi connectivity index (χ0) is 95.5. The molecule has 4 nitrogen and oxygen atoms in total. The number of hydrogen-bond donors (Lipinski definition) is 0. The molecule has 0 saturated heterocycles. The fourth-order valence-electron chi connectivity index (χ4n) is 21.9. The summed E-state index contributed by atoms with van der Waals surface area (Å²) in [5, 5.41) is 6.74. The summed E-state index contributed by atoms with van der Waals surface area (Å²) in [6.07, 6.45) is 3.65. The number of hydrogen-bond acceptors (Lipinski definition) is 5. The van der Waals surface area contributed by atoms with Crippen molar-refractivity contribution in [2.24, 2.45) is 0 Å². The summed E-state index contributed by atoms with van der Waals surface area (Å²) < 4.78 is 73.8. The van der Waals surface area contributed by atoms with Crippen molar-refractivity contribution in [2.75, 3.05) is 9.80 Å². The smallest absolute Gasteiger partial charge is 0.127 e. The number of aryl methyl sites for hydroxylation is 4. The van der Waals surface area contributed by atoms with Crippen LogP contribution in [0.5, 0.6) is 23.0 Å². The highest BCUT2D eigenvalue weighted by atomic mass is 32.1. The fourth-order valence-corrected chi connectivity index (χ4v) is 23.0. The lowest BCUT2D eigenvalue weighted by molar-refractivity contribution is 0.482. The van der Waals surface area contributed by atoms with E-state index in [4.69, 9.17) is 9.47 Å². The van der Waals surface area contributed by atoms with Crippen LogP contribution in [0.1, 0.15) is 77.9 Å². The molecule has 9 heteroatoms. The summed E-state index contributed by atoms with van der Waals surface area (Å²) in [5.41, 5.74) is 34.1. The van der Waals surface area contributed by atoms with Crippen LogP contribution in [0, 0.1) is 51.0 Å². The van der Waals surface area contributed by atoms with Crippen molar-refractivity contribution in [3.8, 4) is 101 Å². The molecule has 24 rings (SSSR count). The second-order valence-electron chi connectivity index (χ2n) is 37.0. The third kappa shape index (κ3) is 15.2. The zero-order valence-corrected chi connectivity index (χ0v) is 78.6. The van der Waals surface area contributed by atoms with Crippen LogP contribution in [0.4, 0.5) is 51.7 Å². The van der Waals surface area contributed by atoms with Gasteiger partial charge in [-0.1, -0.05) is 256 Å². The van der Waals surface area contributed by atoms with E-state index in [1.807, 2.05) is 109 Å². The van der Waals surface area contributed by atoms with Gasteiger partial charge >= 0.3 is 0 Å². The highest BCUT2D eigenvalue weighted by molar-refractivity contribution is 7.26. The van der Waals surface area contributed by atoms with E-state index < -0.39 is 10.8 Å². The van der Waals surface area contributed by atoms with Gasteiger partial charge in [-0.05, 0) is 411 Å². The summed E-state index contributed by atoms with van der Waals surface area (Å²) in [6.45, 7) is 16.7. The van der Waals surface area contributed by atoms with E-state index in [1.54, 1.807) is 11.3 Å². The molecule has 1 heterocycles. The maximum absolute atomic E-state index is 15.3. The van der Waals surface area contributed by atoms with Crippen LogP contribution in [-0.2, 0) is 10.8 Å². The van der Waals surface area contributed by atoms with E-state index >= 15 is 4.39 Å². The number of benzene rings is 21. The van der Waals surface area contributed by atoms with Gasteiger partial charge in [0.15, 0.2) is 0 Å². The van der Waals surface area contributed by atoms with Crippen LogP contribution in [0.15, 0.2) is 450 Å². The lowest BCUT2D eigenvalue weighted by Gasteiger charge is -2.34. The molecule has 0 bridgehead atoms. The molecule has 2 unspecified atom stereocenters. The Bertz CT molecular complexity index is 8720. The molecular weight excluding hydrogens is 1750 g/mol. The molecule has 2 aliphatic carbocycles. The van der Waals surface area contributed by atoms with Gasteiger partial charge in [-0.25, -0.2) is 17.6 Å². The molecule has 0 fully saturated rings. The van der Waals surface area contributed by atoms with Crippen molar-refractivity contribution in [1.82, 2.24) is 0 Å². The minimum atomic E-state index is -0.780. The summed E-state index contributed by atoms with van der Waals surface area (Å²) in [4.78, 5) is 4.63. The Morgan fingerprint density at radius 2 is 0.532 bits per heavy atom. The monoisotopic (exact) mass is 1840 g/mol. The van der Waals surface area contributed by atoms with Gasteiger partial charge in [-0.2, -0.15) is 0 Å². The van der Waals surface area contributed by atoms with E-state index in [-0.39, 0.29) is 23.3 Å². The third-order valence-electron chi connectivity index (χ3n) is 28.8. The summed E-state index contributed by atoms with van der Waals surface area (Å²) in [5.74, 6) is 1.74. The van der Waals surface area contributed by atoms with Crippen molar-refractivity contribution in [1.29, 1.82) is 0 Å². The standard InChI is InChI=1S/C132H90F4N2O2S/c1-7-85-17-59-111(60-18-85)139-113-63-41-101(42-64-113)131(99-37-21-87(22-38-99)89-25-45-103(133)46-26-89)123-15-11-9-13-115(123)117-67-35-95(77-125(117)131)119-69-83(5)127(71-81(119)3)137(107-53-31-92(32-54-107)91-29-49-105(135)50-30-91)109-55-33-93-75-121-122-76-94-34-56-110(74-98(94)80-130(122)141-129(121)79-97(93)73-109)138(108-57-51-106(136)52-58-108)128-72-82(4)120(70-84(128)6)96-36-68-118-116-14-10-12-16-124(116)132(126(118)78-96,100-39-23-88(24-40-100)90-27-47-104(134)48-28-90)102-43-65-114(66-44-102)140-112-61-19-86(8-2)20-62-112/h7-80H,1-2H2,3-6H3. The molecule has 141 heavy (non-hydrogen) atoms. The fraction of sp³-hybridized carbons (Fsp3) is 0.0455. The maximum atomic E-state index is 15.3. The Hall–Kier alpha value is -17.2. The largest absolute Gasteiger partial charge is 0.457 e. The zero-order valence-electron chi connectivity index (χ0n) is 77.8. The predicted molar refractivity (Wildman–Crippen MR) is 577 cm³/mol. The number of thiophene rings is 1. The average Bonchev–Trinajstić information content (AvgIpc) is 1.54. The van der Waals surface area contributed by atoms with Crippen LogP contribution < -0.4 is 19.3 Å². The number of nitrogens with zero attached hydrogens (tertiary/aromatic N) is 2. The van der Waals surface area contributed by atoms with Crippen molar-refractivity contribution in [3.05, 3.63) is 551 Å². The van der Waals surface area contributed by atoms with Gasteiger partial charge < -0.3 is 19.3 Å². The molecule has 0 spiro atoms. The van der Waals surface area contributed by atoms with Gasteiger partial charge in [0.25, 0.3) is 0 Å². The summed E-state index contributed by atoms with van der Waals surface area (Å²) in [6, 6.07) is 150. The van der Waals surface area contributed by atoms with Gasteiger partial charge in [0, 0.05) is 54.3 Å². The number of anilines is 6. The van der Waals surface area contributed by atoms with Crippen molar-refractivity contribution < 1.29 is 27.0 Å². The molecule has 2 atom stereocenters. The van der Waals surface area contributed by atoms with E-state index in [1.165, 1.54) is 69.6 Å². The molecule has 0 N–H and O–H groups in total. The Morgan fingerprint density at radius 1 is 0.241 bits per heavy atom. The van der Waals surface area contributed by atoms with Crippen LogP contribution in [0.3, 0.4) is 0 Å². The van der Waals surface area contributed by atoms with Gasteiger partial charge in [0.05, 0.1) is 10.8 Å². The minimum absolute atomic E-state index is 0.276. The van der Waals surface area contributed by atoms with E-state index in [2.05, 4.69) is 342 Å². The Kier molecular flexibility index (Phi) is 21.5. The first kappa shape index (κ1) is 86.6. The first-order valence-corrected chi connectivity index (χ1v) is 48.3. The summed E-state index contributed by atoms with van der Waals surface area (Å²) in [7, 11) is 0. The van der Waals surface area contributed by atoms with Gasteiger partial charge in [0.2, 0.25) is 0 Å². The number of ether oxygens (including phenoxy) is 2. The van der Waals surface area contributed by atoms with Crippen LogP contribution in [-0.4, -0.2) is 0 Å². The Balaban J connectivity index is 0.578. The quantitative estimate of drug-likeness (QED) is 0.0670. The molecule has 0 saturated carbocycles. The Labute approximate surface area is 820 Å².